The lowest BCUT2D eigenvalue weighted by molar-refractivity contribution is -0.139. The lowest BCUT2D eigenvalue weighted by Crippen LogP contribution is -2.42. The van der Waals surface area contributed by atoms with Gasteiger partial charge in [0.05, 0.1) is 6.61 Å². The Morgan fingerprint density at radius 2 is 1.81 bits per heavy atom. The number of benzene rings is 2. The fourth-order valence-corrected chi connectivity index (χ4v) is 2.64. The first kappa shape index (κ1) is 23.2. The third-order valence-electron chi connectivity index (χ3n) is 4.08. The van der Waals surface area contributed by atoms with Crippen LogP contribution in [0.25, 0.3) is 0 Å². The normalized spacial score (nSPS) is 11.1. The fraction of sp³-hybridized carbons (Fsp3) is 0.238. The smallest absolute Gasteiger partial charge is 0.407 e. The van der Waals surface area contributed by atoms with Crippen LogP contribution in [-0.4, -0.2) is 41.7 Å². The van der Waals surface area contributed by atoms with E-state index in [0.29, 0.717) is 28.9 Å². The van der Waals surface area contributed by atoms with Gasteiger partial charge in [-0.1, -0.05) is 25.1 Å². The number of hydrogen-bond acceptors (Lipinski definition) is 5. The number of anilines is 2. The maximum atomic E-state index is 12.4. The van der Waals surface area contributed by atoms with Crippen molar-refractivity contribution in [2.24, 2.45) is 5.73 Å². The molecule has 0 aliphatic rings. The molecule has 0 heterocycles. The molecule has 0 fully saturated rings. The third-order valence-corrected chi connectivity index (χ3v) is 4.08. The van der Waals surface area contributed by atoms with E-state index >= 15 is 0 Å². The molecule has 0 saturated carbocycles. The summed E-state index contributed by atoms with van der Waals surface area (Å²) in [5, 5.41) is 24.3. The van der Waals surface area contributed by atoms with Gasteiger partial charge in [0.25, 0.3) is 5.91 Å². The van der Waals surface area contributed by atoms with Gasteiger partial charge in [0.2, 0.25) is 0 Å². The highest BCUT2D eigenvalue weighted by atomic mass is 16.5. The van der Waals surface area contributed by atoms with Gasteiger partial charge in [0.15, 0.2) is 5.96 Å². The maximum absolute atomic E-state index is 12.4. The average Bonchev–Trinajstić information content (AvgIpc) is 2.72. The highest BCUT2D eigenvalue weighted by Gasteiger charge is 2.21. The summed E-state index contributed by atoms with van der Waals surface area (Å²) in [7, 11) is 0. The van der Waals surface area contributed by atoms with Gasteiger partial charge in [-0.25, -0.2) is 9.59 Å². The van der Waals surface area contributed by atoms with Gasteiger partial charge in [0.1, 0.15) is 6.04 Å². The third kappa shape index (κ3) is 7.69. The highest BCUT2D eigenvalue weighted by Crippen LogP contribution is 2.15. The molecule has 0 spiro atoms. The predicted octanol–water partition coefficient (Wildman–Crippen LogP) is 2.38. The lowest BCUT2D eigenvalue weighted by atomic mass is 10.1. The van der Waals surface area contributed by atoms with Crippen LogP contribution in [0.1, 0.15) is 29.3 Å². The summed E-state index contributed by atoms with van der Waals surface area (Å²) in [5.74, 6) is -1.77. The Balaban J connectivity index is 1.99. The van der Waals surface area contributed by atoms with Crippen LogP contribution < -0.4 is 21.7 Å². The Morgan fingerprint density at radius 3 is 2.42 bits per heavy atom. The van der Waals surface area contributed by atoms with Gasteiger partial charge < -0.3 is 31.5 Å². The topological polar surface area (TPSA) is 167 Å². The number of amides is 2. The summed E-state index contributed by atoms with van der Waals surface area (Å²) in [4.78, 5) is 35.5. The molecule has 2 aromatic carbocycles. The summed E-state index contributed by atoms with van der Waals surface area (Å²) in [6, 6.07) is 12.0. The van der Waals surface area contributed by atoms with Gasteiger partial charge in [0, 0.05) is 23.4 Å². The van der Waals surface area contributed by atoms with E-state index in [-0.39, 0.29) is 24.9 Å². The molecule has 1 atom stereocenters. The van der Waals surface area contributed by atoms with Crippen molar-refractivity contribution in [1.82, 2.24) is 5.32 Å². The Kier molecular flexibility index (Phi) is 8.38. The van der Waals surface area contributed by atoms with Gasteiger partial charge in [-0.2, -0.15) is 0 Å². The molecule has 10 heteroatoms. The zero-order chi connectivity index (χ0) is 22.8. The maximum Gasteiger partial charge on any atom is 0.407 e. The lowest BCUT2D eigenvalue weighted by Gasteiger charge is -2.15. The van der Waals surface area contributed by atoms with Gasteiger partial charge in [-0.3, -0.25) is 10.2 Å². The van der Waals surface area contributed by atoms with Crippen LogP contribution in [0.2, 0.25) is 0 Å². The number of rotatable bonds is 9. The molecule has 31 heavy (non-hydrogen) atoms. The van der Waals surface area contributed by atoms with E-state index in [1.807, 2.05) is 6.92 Å². The first-order chi connectivity index (χ1) is 14.8. The van der Waals surface area contributed by atoms with Crippen LogP contribution in [0.4, 0.5) is 16.2 Å². The molecule has 2 rings (SSSR count). The van der Waals surface area contributed by atoms with E-state index in [2.05, 4.69) is 16.0 Å². The number of carbonyl (C=O) groups excluding carboxylic acids is 2. The summed E-state index contributed by atoms with van der Waals surface area (Å²) in [6.45, 7) is 2.04. The summed E-state index contributed by atoms with van der Waals surface area (Å²) in [5.41, 5.74) is 7.36. The number of carbonyl (C=O) groups is 3. The molecule has 0 unspecified atom stereocenters. The first-order valence-electron chi connectivity index (χ1n) is 9.56. The number of carboxylic acids is 1. The summed E-state index contributed by atoms with van der Waals surface area (Å²) < 4.78 is 4.86. The molecule has 0 saturated heterocycles. The molecule has 10 nitrogen and oxygen atoms in total. The number of alkyl carbamates (subject to hydrolysis) is 1. The van der Waals surface area contributed by atoms with E-state index in [1.165, 1.54) is 0 Å². The van der Waals surface area contributed by atoms with Crippen molar-refractivity contribution in [3.63, 3.8) is 0 Å². The number of nitrogens with two attached hydrogens (primary N) is 1. The average molecular weight is 427 g/mol. The van der Waals surface area contributed by atoms with Crippen molar-refractivity contribution in [2.75, 3.05) is 17.2 Å². The van der Waals surface area contributed by atoms with Crippen molar-refractivity contribution >= 4 is 35.3 Å². The Bertz CT molecular complexity index is 945. The Labute approximate surface area is 179 Å². The first-order valence-corrected chi connectivity index (χ1v) is 9.56. The number of ether oxygens (including phenoxy) is 1. The van der Waals surface area contributed by atoms with Gasteiger partial charge in [-0.15, -0.1) is 0 Å². The molecule has 0 aliphatic carbocycles. The van der Waals surface area contributed by atoms with Crippen molar-refractivity contribution in [1.29, 1.82) is 5.41 Å². The molecule has 2 amide bonds. The molecular weight excluding hydrogens is 402 g/mol. The van der Waals surface area contributed by atoms with Crippen molar-refractivity contribution in [3.05, 3.63) is 59.7 Å². The minimum Gasteiger partial charge on any atom is -0.480 e. The number of aliphatic carboxylic acids is 1. The Hall–Kier alpha value is -4.08. The zero-order valence-electron chi connectivity index (χ0n) is 17.0. The zero-order valence-corrected chi connectivity index (χ0v) is 17.0. The van der Waals surface area contributed by atoms with E-state index in [0.717, 1.165) is 0 Å². The van der Waals surface area contributed by atoms with E-state index in [4.69, 9.17) is 15.9 Å². The van der Waals surface area contributed by atoms with Crippen LogP contribution in [-0.2, 0) is 16.0 Å². The van der Waals surface area contributed by atoms with E-state index in [9.17, 15) is 19.5 Å². The van der Waals surface area contributed by atoms with Crippen molar-refractivity contribution in [2.45, 2.75) is 25.8 Å². The second kappa shape index (κ2) is 11.2. The second-order valence-corrected chi connectivity index (χ2v) is 6.65. The van der Waals surface area contributed by atoms with Crippen LogP contribution in [0, 0.1) is 5.41 Å². The fourth-order valence-electron chi connectivity index (χ4n) is 2.64. The Morgan fingerprint density at radius 1 is 1.10 bits per heavy atom. The van der Waals surface area contributed by atoms with E-state index < -0.39 is 18.1 Å². The van der Waals surface area contributed by atoms with Crippen molar-refractivity contribution < 1.29 is 24.2 Å². The highest BCUT2D eigenvalue weighted by molar-refractivity contribution is 6.05. The SMILES string of the molecule is CCCOC(=O)N[C@@H](Cc1ccc(NC(=O)c2cccc(NC(=N)N)c2)cc1)C(=O)O. The molecule has 0 aromatic heterocycles. The quantitative estimate of drug-likeness (QED) is 0.264. The number of guanidine groups is 1. The van der Waals surface area contributed by atoms with Crippen LogP contribution in [0.15, 0.2) is 48.5 Å². The number of hydrogen-bond donors (Lipinski definition) is 6. The minimum absolute atomic E-state index is 0.0591. The second-order valence-electron chi connectivity index (χ2n) is 6.65. The molecule has 0 aliphatic heterocycles. The predicted molar refractivity (Wildman–Crippen MR) is 116 cm³/mol. The summed E-state index contributed by atoms with van der Waals surface area (Å²) in [6.07, 6.45) is -0.0843. The molecule has 7 N–H and O–H groups in total. The molecule has 0 radical (unpaired) electrons. The number of nitrogens with one attached hydrogen (secondary N) is 4. The molecular formula is C21H25N5O5. The summed E-state index contributed by atoms with van der Waals surface area (Å²) >= 11 is 0. The molecule has 2 aromatic rings. The van der Waals surface area contributed by atoms with Crippen LogP contribution in [0.5, 0.6) is 0 Å². The van der Waals surface area contributed by atoms with E-state index in [1.54, 1.807) is 48.5 Å². The van der Waals surface area contributed by atoms with Crippen LogP contribution >= 0.6 is 0 Å². The number of carboxylic acid groups (broad SMARTS) is 1. The van der Waals surface area contributed by atoms with Crippen molar-refractivity contribution in [3.8, 4) is 0 Å². The van der Waals surface area contributed by atoms with Gasteiger partial charge >= 0.3 is 12.1 Å². The monoisotopic (exact) mass is 427 g/mol. The van der Waals surface area contributed by atoms with Gasteiger partial charge in [-0.05, 0) is 42.3 Å². The molecule has 164 valence electrons. The minimum atomic E-state index is -1.18. The largest absolute Gasteiger partial charge is 0.480 e. The molecule has 0 bridgehead atoms. The van der Waals surface area contributed by atoms with Crippen LogP contribution in [0.3, 0.4) is 0 Å². The standard InChI is InChI=1S/C21H25N5O5/c1-2-10-31-21(30)26-17(19(28)29)11-13-6-8-15(9-7-13)24-18(27)14-4-3-5-16(12-14)25-20(22)23/h3-9,12,17H,2,10-11H2,1H3,(H,24,27)(H,26,30)(H,28,29)(H4,22,23,25)/t17-/m0/s1.